The van der Waals surface area contributed by atoms with Crippen LogP contribution in [-0.4, -0.2) is 47.2 Å². The van der Waals surface area contributed by atoms with Crippen LogP contribution in [0.1, 0.15) is 40.0 Å². The van der Waals surface area contributed by atoms with Crippen LogP contribution >= 0.6 is 0 Å². The van der Waals surface area contributed by atoms with Crippen molar-refractivity contribution in [3.8, 4) is 0 Å². The maximum absolute atomic E-state index is 12.0. The number of rotatable bonds is 6. The first-order valence-corrected chi connectivity index (χ1v) is 6.24. The highest BCUT2D eigenvalue weighted by molar-refractivity contribution is 5.84. The molecule has 4 heteroatoms. The third-order valence-electron chi connectivity index (χ3n) is 3.23. The first-order valence-electron chi connectivity index (χ1n) is 6.24. The van der Waals surface area contributed by atoms with Gasteiger partial charge in [0.05, 0.1) is 11.6 Å². The van der Waals surface area contributed by atoms with Gasteiger partial charge < -0.3 is 15.3 Å². The van der Waals surface area contributed by atoms with Gasteiger partial charge in [0.2, 0.25) is 5.91 Å². The first-order chi connectivity index (χ1) is 7.50. The number of hydrogen-bond acceptors (Lipinski definition) is 3. The Balaban J connectivity index is 2.44. The Kier molecular flexibility index (Phi) is 4.74. The van der Waals surface area contributed by atoms with Gasteiger partial charge in [0.15, 0.2) is 0 Å². The lowest BCUT2D eigenvalue weighted by Gasteiger charge is -2.28. The summed E-state index contributed by atoms with van der Waals surface area (Å²) in [4.78, 5) is 13.7. The van der Waals surface area contributed by atoms with E-state index in [0.717, 1.165) is 25.9 Å². The highest BCUT2D eigenvalue weighted by Gasteiger charge is 2.34. The Bertz CT molecular complexity index is 241. The third-order valence-corrected chi connectivity index (χ3v) is 3.23. The van der Waals surface area contributed by atoms with Crippen LogP contribution in [0.15, 0.2) is 0 Å². The molecular weight excluding hydrogens is 204 g/mol. The van der Waals surface area contributed by atoms with Crippen LogP contribution in [0.2, 0.25) is 0 Å². The monoisotopic (exact) mass is 228 g/mol. The highest BCUT2D eigenvalue weighted by atomic mass is 16.3. The zero-order chi connectivity index (χ0) is 12.2. The van der Waals surface area contributed by atoms with Gasteiger partial charge in [-0.15, -0.1) is 0 Å². The highest BCUT2D eigenvalue weighted by Crippen LogP contribution is 2.17. The van der Waals surface area contributed by atoms with Crippen molar-refractivity contribution in [2.75, 3.05) is 19.6 Å². The number of hydrogen-bond donors (Lipinski definition) is 2. The summed E-state index contributed by atoms with van der Waals surface area (Å²) >= 11 is 0. The van der Waals surface area contributed by atoms with E-state index in [1.807, 2.05) is 6.92 Å². The molecule has 0 saturated carbocycles. The van der Waals surface area contributed by atoms with Crippen LogP contribution in [0.3, 0.4) is 0 Å². The maximum Gasteiger partial charge on any atom is 0.239 e. The largest absolute Gasteiger partial charge is 0.388 e. The van der Waals surface area contributed by atoms with Crippen molar-refractivity contribution >= 4 is 5.91 Å². The van der Waals surface area contributed by atoms with Crippen LogP contribution in [0.5, 0.6) is 0 Å². The Morgan fingerprint density at radius 1 is 1.56 bits per heavy atom. The van der Waals surface area contributed by atoms with Gasteiger partial charge in [-0.1, -0.05) is 13.8 Å². The van der Waals surface area contributed by atoms with Crippen molar-refractivity contribution in [1.82, 2.24) is 10.2 Å². The van der Waals surface area contributed by atoms with Gasteiger partial charge in [-0.2, -0.15) is 0 Å². The van der Waals surface area contributed by atoms with Gasteiger partial charge in [-0.25, -0.2) is 0 Å². The topological polar surface area (TPSA) is 52.6 Å². The molecule has 1 aliphatic rings. The molecule has 1 fully saturated rings. The number of nitrogens with zero attached hydrogens (tertiary/aromatic N) is 1. The second-order valence-electron chi connectivity index (χ2n) is 4.91. The number of aliphatic hydroxyl groups is 1. The van der Waals surface area contributed by atoms with Crippen molar-refractivity contribution in [2.24, 2.45) is 0 Å². The van der Waals surface area contributed by atoms with E-state index < -0.39 is 5.60 Å². The van der Waals surface area contributed by atoms with Crippen LogP contribution in [0.25, 0.3) is 0 Å². The fourth-order valence-corrected chi connectivity index (χ4v) is 1.93. The quantitative estimate of drug-likeness (QED) is 0.705. The van der Waals surface area contributed by atoms with Gasteiger partial charge in [0, 0.05) is 13.1 Å². The maximum atomic E-state index is 12.0. The molecule has 0 aromatic carbocycles. The summed E-state index contributed by atoms with van der Waals surface area (Å²) in [5, 5.41) is 13.2. The molecule has 0 aromatic rings. The standard InChI is InChI=1S/C12H24N2O2/c1-4-7-13-10-6-8-14(11(10)15)9-12(3,16)5-2/h10,13,16H,4-9H2,1-3H3. The lowest BCUT2D eigenvalue weighted by Crippen LogP contribution is -2.44. The minimum atomic E-state index is -0.755. The molecule has 4 nitrogen and oxygen atoms in total. The summed E-state index contributed by atoms with van der Waals surface area (Å²) in [5.74, 6) is 0.141. The Hall–Kier alpha value is -0.610. The second kappa shape index (κ2) is 5.64. The van der Waals surface area contributed by atoms with Crippen molar-refractivity contribution in [1.29, 1.82) is 0 Å². The zero-order valence-corrected chi connectivity index (χ0v) is 10.6. The number of β-amino-alcohol motifs (C(OH)–C–C–N with tert-alkyl or cyclic N) is 1. The van der Waals surface area contributed by atoms with Crippen LogP contribution < -0.4 is 5.32 Å². The van der Waals surface area contributed by atoms with Crippen molar-refractivity contribution in [3.05, 3.63) is 0 Å². The lowest BCUT2D eigenvalue weighted by atomic mass is 10.0. The molecule has 2 N–H and O–H groups in total. The van der Waals surface area contributed by atoms with Gasteiger partial charge in [0.25, 0.3) is 0 Å². The normalized spacial score (nSPS) is 24.9. The van der Waals surface area contributed by atoms with Crippen LogP contribution in [0.4, 0.5) is 0 Å². The number of carbonyl (C=O) groups is 1. The molecule has 1 amide bonds. The number of likely N-dealkylation sites (tertiary alicyclic amines) is 1. The molecule has 0 bridgehead atoms. The molecule has 0 spiro atoms. The molecule has 0 aromatic heterocycles. The van der Waals surface area contributed by atoms with E-state index in [1.54, 1.807) is 11.8 Å². The summed E-state index contributed by atoms with van der Waals surface area (Å²) in [5.41, 5.74) is -0.755. The zero-order valence-electron chi connectivity index (χ0n) is 10.6. The van der Waals surface area contributed by atoms with E-state index in [2.05, 4.69) is 12.2 Å². The van der Waals surface area contributed by atoms with Gasteiger partial charge in [-0.05, 0) is 32.7 Å². The van der Waals surface area contributed by atoms with E-state index in [1.165, 1.54) is 0 Å². The van der Waals surface area contributed by atoms with Gasteiger partial charge >= 0.3 is 0 Å². The Labute approximate surface area is 98.0 Å². The molecule has 1 rings (SSSR count). The molecule has 1 saturated heterocycles. The van der Waals surface area contributed by atoms with Crippen LogP contribution in [-0.2, 0) is 4.79 Å². The minimum absolute atomic E-state index is 0.0346. The molecule has 2 unspecified atom stereocenters. The smallest absolute Gasteiger partial charge is 0.239 e. The molecule has 94 valence electrons. The lowest BCUT2D eigenvalue weighted by molar-refractivity contribution is -0.132. The van der Waals surface area contributed by atoms with Gasteiger partial charge in [0.1, 0.15) is 0 Å². The summed E-state index contributed by atoms with van der Waals surface area (Å²) < 4.78 is 0. The summed E-state index contributed by atoms with van der Waals surface area (Å²) in [6.07, 6.45) is 2.57. The predicted octanol–water partition coefficient (Wildman–Crippen LogP) is 0.748. The van der Waals surface area contributed by atoms with Crippen molar-refractivity contribution in [3.63, 3.8) is 0 Å². The molecule has 16 heavy (non-hydrogen) atoms. The van der Waals surface area contributed by atoms with E-state index in [4.69, 9.17) is 0 Å². The average molecular weight is 228 g/mol. The van der Waals surface area contributed by atoms with Gasteiger partial charge in [-0.3, -0.25) is 4.79 Å². The number of nitrogens with one attached hydrogen (secondary N) is 1. The second-order valence-corrected chi connectivity index (χ2v) is 4.91. The SMILES string of the molecule is CCCNC1CCN(CC(C)(O)CC)C1=O. The molecule has 0 radical (unpaired) electrons. The predicted molar refractivity (Wildman–Crippen MR) is 64.2 cm³/mol. The molecule has 1 heterocycles. The number of carbonyl (C=O) groups excluding carboxylic acids is 1. The number of amides is 1. The third kappa shape index (κ3) is 3.46. The fraction of sp³-hybridized carbons (Fsp3) is 0.917. The summed E-state index contributed by atoms with van der Waals surface area (Å²) in [6, 6.07) is -0.0346. The molecule has 0 aliphatic carbocycles. The van der Waals surface area contributed by atoms with Crippen molar-refractivity contribution < 1.29 is 9.90 Å². The molecule has 1 aliphatic heterocycles. The van der Waals surface area contributed by atoms with E-state index in [9.17, 15) is 9.90 Å². The van der Waals surface area contributed by atoms with E-state index >= 15 is 0 Å². The average Bonchev–Trinajstić information content (AvgIpc) is 2.57. The summed E-state index contributed by atoms with van der Waals surface area (Å²) in [7, 11) is 0. The van der Waals surface area contributed by atoms with Crippen molar-refractivity contribution in [2.45, 2.75) is 51.7 Å². The minimum Gasteiger partial charge on any atom is -0.388 e. The molecule has 2 atom stereocenters. The Morgan fingerprint density at radius 2 is 2.25 bits per heavy atom. The fourth-order valence-electron chi connectivity index (χ4n) is 1.93. The van der Waals surface area contributed by atoms with E-state index in [-0.39, 0.29) is 11.9 Å². The van der Waals surface area contributed by atoms with Crippen LogP contribution in [0, 0.1) is 0 Å². The summed E-state index contributed by atoms with van der Waals surface area (Å²) in [6.45, 7) is 7.91. The van der Waals surface area contributed by atoms with E-state index in [0.29, 0.717) is 13.0 Å². The molecular formula is C12H24N2O2. The Morgan fingerprint density at radius 3 is 2.81 bits per heavy atom. The first kappa shape index (κ1) is 13.5.